The quantitative estimate of drug-likeness (QED) is 0.393. The van der Waals surface area contributed by atoms with Crippen LogP contribution in [0.2, 0.25) is 0 Å². The maximum Gasteiger partial charge on any atom is 0.331 e. The zero-order valence-electron chi connectivity index (χ0n) is 17.8. The largest absolute Gasteiger partial charge is 0.479 e. The van der Waals surface area contributed by atoms with Crippen molar-refractivity contribution >= 4 is 33.8 Å². The van der Waals surface area contributed by atoms with Gasteiger partial charge in [0.1, 0.15) is 11.5 Å². The van der Waals surface area contributed by atoms with Gasteiger partial charge < -0.3 is 15.0 Å². The molecule has 0 radical (unpaired) electrons. The van der Waals surface area contributed by atoms with Gasteiger partial charge in [0.25, 0.3) is 0 Å². The Hall–Kier alpha value is -4.73. The minimum Gasteiger partial charge on any atom is -0.479 e. The molecule has 0 spiro atoms. The van der Waals surface area contributed by atoms with Crippen molar-refractivity contribution in [3.8, 4) is 22.7 Å². The minimum absolute atomic E-state index is 0.317. The van der Waals surface area contributed by atoms with Gasteiger partial charge in [0.15, 0.2) is 0 Å². The summed E-state index contributed by atoms with van der Waals surface area (Å²) in [4.78, 5) is 40.3. The number of pyridine rings is 3. The van der Waals surface area contributed by atoms with Crippen molar-refractivity contribution in [2.45, 2.75) is 0 Å². The maximum absolute atomic E-state index is 12.9. The van der Waals surface area contributed by atoms with E-state index in [0.29, 0.717) is 28.4 Å². The first-order valence-corrected chi connectivity index (χ1v) is 10.1. The highest BCUT2D eigenvalue weighted by molar-refractivity contribution is 6.04. The topological polar surface area (TPSA) is 127 Å². The van der Waals surface area contributed by atoms with Crippen LogP contribution in [-0.4, -0.2) is 44.7 Å². The fourth-order valence-electron chi connectivity index (χ4n) is 3.72. The van der Waals surface area contributed by atoms with Crippen LogP contribution in [0.1, 0.15) is 0 Å². The molecule has 0 fully saturated rings. The van der Waals surface area contributed by atoms with Crippen LogP contribution in [-0.2, 0) is 0 Å². The highest BCUT2D eigenvalue weighted by Gasteiger charge is 2.17. The Morgan fingerprint density at radius 1 is 1.06 bits per heavy atom. The molecule has 2 amide bonds. The highest BCUT2D eigenvalue weighted by Crippen LogP contribution is 2.30. The van der Waals surface area contributed by atoms with E-state index >= 15 is 0 Å². The number of ether oxygens (including phenoxy) is 1. The Morgan fingerprint density at radius 2 is 1.91 bits per heavy atom. The number of fused-ring (bicyclic) bond motifs is 3. The average Bonchev–Trinajstić information content (AvgIpc) is 3.20. The van der Waals surface area contributed by atoms with Gasteiger partial charge in [0.05, 0.1) is 29.9 Å². The lowest BCUT2D eigenvalue weighted by Gasteiger charge is -2.10. The second-order valence-electron chi connectivity index (χ2n) is 7.19. The molecule has 0 aliphatic carbocycles. The van der Waals surface area contributed by atoms with Gasteiger partial charge in [0, 0.05) is 30.4 Å². The lowest BCUT2D eigenvalue weighted by Crippen LogP contribution is -2.24. The van der Waals surface area contributed by atoms with Crippen LogP contribution < -0.4 is 21.1 Å². The first-order valence-electron chi connectivity index (χ1n) is 10.1. The summed E-state index contributed by atoms with van der Waals surface area (Å²) in [5.41, 5.74) is 3.94. The van der Waals surface area contributed by atoms with Gasteiger partial charge in [-0.1, -0.05) is 6.07 Å². The van der Waals surface area contributed by atoms with Crippen LogP contribution in [0.3, 0.4) is 0 Å². The molecule has 4 heterocycles. The molecule has 0 aliphatic rings. The number of aromatic nitrogens is 5. The molecule has 10 nitrogen and oxygen atoms in total. The molecule has 0 saturated heterocycles. The number of carbonyl (C=O) groups excluding carboxylic acids is 1. The summed E-state index contributed by atoms with van der Waals surface area (Å²) in [5, 5.41) is 5.90. The Labute approximate surface area is 187 Å². The fraction of sp³-hybridized carbons (Fsp3) is 0.0870. The first kappa shape index (κ1) is 20.2. The Morgan fingerprint density at radius 3 is 2.67 bits per heavy atom. The third-order valence-corrected chi connectivity index (χ3v) is 5.26. The van der Waals surface area contributed by atoms with Gasteiger partial charge in [-0.15, -0.1) is 0 Å². The average molecular weight is 441 g/mol. The van der Waals surface area contributed by atoms with E-state index in [1.807, 2.05) is 24.3 Å². The normalized spacial score (nSPS) is 11.0. The number of H-pyrrole nitrogens is 1. The predicted molar refractivity (Wildman–Crippen MR) is 125 cm³/mol. The summed E-state index contributed by atoms with van der Waals surface area (Å²) in [6.45, 7) is 0. The number of hydrogen-bond donors (Lipinski definition) is 3. The second kappa shape index (κ2) is 8.08. The molecule has 10 heteroatoms. The molecule has 0 unspecified atom stereocenters. The number of aromatic amines is 1. The van der Waals surface area contributed by atoms with Crippen molar-refractivity contribution < 1.29 is 9.53 Å². The number of anilines is 1. The number of nitrogens with one attached hydrogen (secondary N) is 3. The number of imidazole rings is 1. The summed E-state index contributed by atoms with van der Waals surface area (Å²) in [5.74, 6) is 0.774. The van der Waals surface area contributed by atoms with Gasteiger partial charge in [0.2, 0.25) is 5.88 Å². The van der Waals surface area contributed by atoms with Crippen molar-refractivity contribution in [3.63, 3.8) is 0 Å². The summed E-state index contributed by atoms with van der Waals surface area (Å²) in [6, 6.07) is 12.6. The van der Waals surface area contributed by atoms with Crippen molar-refractivity contribution in [1.82, 2.24) is 29.8 Å². The van der Waals surface area contributed by atoms with Crippen molar-refractivity contribution in [2.75, 3.05) is 19.5 Å². The van der Waals surface area contributed by atoms with E-state index in [0.717, 1.165) is 22.0 Å². The molecule has 5 rings (SSSR count). The number of methoxy groups -OCH3 is 1. The SMILES string of the molecule is CNC(=O)Nc1ccc(-c2ccc3ncc4[nH]c(=O)n(-c5cccnc5OC)c4c3c2)cn1. The molecule has 1 aromatic carbocycles. The second-order valence-corrected chi connectivity index (χ2v) is 7.19. The number of benzene rings is 1. The van der Waals surface area contributed by atoms with Crippen molar-refractivity contribution in [3.05, 3.63) is 71.5 Å². The molecular weight excluding hydrogens is 422 g/mol. The standard InChI is InChI=1S/C23H19N7O3/c1-24-22(31)29-19-8-6-14(11-27-19)13-5-7-16-15(10-13)20-17(12-26-16)28-23(32)30(20)18-4-3-9-25-21(18)33-2/h3-12H,1-2H3,(H,28,32)(H2,24,27,29,31). The lowest BCUT2D eigenvalue weighted by atomic mass is 10.0. The Balaban J connectivity index is 1.68. The Bertz CT molecular complexity index is 1550. The zero-order chi connectivity index (χ0) is 22.9. The van der Waals surface area contributed by atoms with Crippen LogP contribution in [0.4, 0.5) is 10.6 Å². The fourth-order valence-corrected chi connectivity index (χ4v) is 3.72. The lowest BCUT2D eigenvalue weighted by molar-refractivity contribution is 0.254. The van der Waals surface area contributed by atoms with E-state index in [2.05, 4.69) is 30.6 Å². The highest BCUT2D eigenvalue weighted by atomic mass is 16.5. The number of amides is 2. The van der Waals surface area contributed by atoms with E-state index < -0.39 is 0 Å². The van der Waals surface area contributed by atoms with Crippen molar-refractivity contribution in [2.24, 2.45) is 0 Å². The zero-order valence-corrected chi connectivity index (χ0v) is 17.8. The molecule has 0 atom stereocenters. The molecule has 4 aromatic heterocycles. The third-order valence-electron chi connectivity index (χ3n) is 5.26. The number of nitrogens with zero attached hydrogens (tertiary/aromatic N) is 4. The van der Waals surface area contributed by atoms with Gasteiger partial charge in [-0.25, -0.2) is 19.6 Å². The number of hydrogen-bond acceptors (Lipinski definition) is 6. The molecule has 0 saturated carbocycles. The number of carbonyl (C=O) groups is 1. The monoisotopic (exact) mass is 441 g/mol. The molecule has 0 aliphatic heterocycles. The summed E-state index contributed by atoms with van der Waals surface area (Å²) in [7, 11) is 3.05. The van der Waals surface area contributed by atoms with Crippen LogP contribution in [0.15, 0.2) is 65.8 Å². The molecular formula is C23H19N7O3. The smallest absolute Gasteiger partial charge is 0.331 e. The number of urea groups is 1. The predicted octanol–water partition coefficient (Wildman–Crippen LogP) is 3.08. The summed E-state index contributed by atoms with van der Waals surface area (Å²) in [6.07, 6.45) is 4.92. The Kier molecular flexibility index (Phi) is 4.94. The number of rotatable bonds is 4. The summed E-state index contributed by atoms with van der Waals surface area (Å²) < 4.78 is 6.93. The van der Waals surface area contributed by atoms with E-state index in [9.17, 15) is 9.59 Å². The molecule has 164 valence electrons. The molecule has 33 heavy (non-hydrogen) atoms. The molecule has 3 N–H and O–H groups in total. The van der Waals surface area contributed by atoms with Crippen LogP contribution >= 0.6 is 0 Å². The third kappa shape index (κ3) is 3.53. The van der Waals surface area contributed by atoms with Gasteiger partial charge in [-0.05, 0) is 42.0 Å². The summed E-state index contributed by atoms with van der Waals surface area (Å²) >= 11 is 0. The first-order chi connectivity index (χ1) is 16.1. The van der Waals surface area contributed by atoms with E-state index in [1.165, 1.54) is 14.2 Å². The van der Waals surface area contributed by atoms with Crippen LogP contribution in [0, 0.1) is 0 Å². The van der Waals surface area contributed by atoms with Crippen molar-refractivity contribution in [1.29, 1.82) is 0 Å². The van der Waals surface area contributed by atoms with Gasteiger partial charge in [-0.2, -0.15) is 0 Å². The van der Waals surface area contributed by atoms with Gasteiger partial charge in [-0.3, -0.25) is 14.9 Å². The van der Waals surface area contributed by atoms with E-state index in [4.69, 9.17) is 4.74 Å². The van der Waals surface area contributed by atoms with Crippen LogP contribution in [0.25, 0.3) is 38.8 Å². The maximum atomic E-state index is 12.9. The minimum atomic E-state index is -0.342. The molecule has 0 bridgehead atoms. The van der Waals surface area contributed by atoms with E-state index in [-0.39, 0.29) is 11.7 Å². The molecule has 5 aromatic rings. The van der Waals surface area contributed by atoms with Crippen LogP contribution in [0.5, 0.6) is 5.88 Å². The van der Waals surface area contributed by atoms with Gasteiger partial charge >= 0.3 is 11.7 Å². The van der Waals surface area contributed by atoms with E-state index in [1.54, 1.807) is 41.4 Å².